The maximum absolute atomic E-state index is 13.6. The van der Waals surface area contributed by atoms with Crippen molar-refractivity contribution in [2.75, 3.05) is 12.4 Å². The zero-order valence-electron chi connectivity index (χ0n) is 21.5. The van der Waals surface area contributed by atoms with E-state index in [2.05, 4.69) is 11.1 Å². The van der Waals surface area contributed by atoms with E-state index in [0.29, 0.717) is 21.9 Å². The molecule has 5 rings (SSSR count). The number of rotatable bonds is 9. The fourth-order valence-corrected chi connectivity index (χ4v) is 6.80. The highest BCUT2D eigenvalue weighted by Gasteiger charge is 2.22. The molecule has 37 heavy (non-hydrogen) atoms. The molecule has 1 aliphatic rings. The molecule has 6 nitrogen and oxygen atoms in total. The molecule has 1 fully saturated rings. The van der Waals surface area contributed by atoms with Gasteiger partial charge in [-0.25, -0.2) is 4.98 Å². The monoisotopic (exact) mass is 533 g/mol. The molecule has 0 amide bonds. The number of allylic oxidation sites excluding steroid dienone is 1. The highest BCUT2D eigenvalue weighted by Crippen LogP contribution is 2.33. The van der Waals surface area contributed by atoms with Gasteiger partial charge in [0.05, 0.1) is 17.2 Å². The molecule has 1 aromatic carbocycles. The Bertz CT molecular complexity index is 1520. The smallest absolute Gasteiger partial charge is 0.263 e. The van der Waals surface area contributed by atoms with Crippen molar-refractivity contribution >= 4 is 39.1 Å². The largest absolute Gasteiger partial charge is 0.376 e. The Morgan fingerprint density at radius 2 is 2.03 bits per heavy atom. The van der Waals surface area contributed by atoms with Crippen molar-refractivity contribution in [2.45, 2.75) is 58.0 Å². The van der Waals surface area contributed by atoms with Crippen molar-refractivity contribution in [3.8, 4) is 11.1 Å². The number of nitrogens with zero attached hydrogens (tertiary/aromatic N) is 3. The Morgan fingerprint density at radius 1 is 1.24 bits per heavy atom. The molecular weight excluding hydrogens is 502 g/mol. The lowest BCUT2D eigenvalue weighted by molar-refractivity contribution is 0.0957. The van der Waals surface area contributed by atoms with Gasteiger partial charge in [-0.05, 0) is 45.2 Å². The number of carbonyl (C=O) groups excluding carboxylic acids is 1. The van der Waals surface area contributed by atoms with E-state index in [1.165, 1.54) is 28.7 Å². The lowest BCUT2D eigenvalue weighted by Gasteiger charge is -2.15. The normalized spacial score (nSPS) is 15.5. The molecule has 0 N–H and O–H groups in total. The van der Waals surface area contributed by atoms with Crippen LogP contribution in [0, 0.1) is 20.8 Å². The molecule has 0 saturated carbocycles. The first kappa shape index (κ1) is 25.7. The van der Waals surface area contributed by atoms with Crippen LogP contribution in [0.5, 0.6) is 0 Å². The Balaban J connectivity index is 1.42. The molecule has 0 unspecified atom stereocenters. The lowest BCUT2D eigenvalue weighted by atomic mass is 10.1. The average Bonchev–Trinajstić information content (AvgIpc) is 3.62. The standard InChI is InChI=1S/C29H31N3O3S2/c1-5-12-31-28(34)26-24(21-10-8-18(2)9-11-21)16-36-27(26)30-29(31)37-17-25(33)23-14-19(3)32(20(23)4)15-22-7-6-13-35-22/h5,8-11,14,16,22H,1,6-7,12-13,15,17H2,2-4H3/t22-/m0/s1. The number of aryl methyl sites for hydroxylation is 2. The van der Waals surface area contributed by atoms with Crippen molar-refractivity contribution in [2.24, 2.45) is 0 Å². The van der Waals surface area contributed by atoms with Crippen LogP contribution in [0.4, 0.5) is 0 Å². The summed E-state index contributed by atoms with van der Waals surface area (Å²) in [5.41, 5.74) is 5.70. The van der Waals surface area contributed by atoms with Crippen molar-refractivity contribution in [3.63, 3.8) is 0 Å². The first-order chi connectivity index (χ1) is 17.9. The molecule has 0 bridgehead atoms. The van der Waals surface area contributed by atoms with Crippen molar-refractivity contribution < 1.29 is 9.53 Å². The number of ether oxygens (including phenoxy) is 1. The quantitative estimate of drug-likeness (QED) is 0.111. The van der Waals surface area contributed by atoms with Crippen LogP contribution in [-0.2, 0) is 17.8 Å². The number of thioether (sulfide) groups is 1. The van der Waals surface area contributed by atoms with Crippen molar-refractivity contribution in [3.05, 3.63) is 81.2 Å². The van der Waals surface area contributed by atoms with Gasteiger partial charge in [0, 0.05) is 47.6 Å². The van der Waals surface area contributed by atoms with E-state index in [9.17, 15) is 9.59 Å². The van der Waals surface area contributed by atoms with Gasteiger partial charge in [0.15, 0.2) is 10.9 Å². The predicted octanol–water partition coefficient (Wildman–Crippen LogP) is 6.19. The summed E-state index contributed by atoms with van der Waals surface area (Å²) in [4.78, 5) is 32.4. The fourth-order valence-electron chi connectivity index (χ4n) is 4.92. The molecule has 0 radical (unpaired) electrons. The minimum Gasteiger partial charge on any atom is -0.376 e. The number of benzene rings is 1. The second-order valence-electron chi connectivity index (χ2n) is 9.54. The van der Waals surface area contributed by atoms with Gasteiger partial charge in [-0.1, -0.05) is 47.7 Å². The molecule has 192 valence electrons. The van der Waals surface area contributed by atoms with E-state index in [-0.39, 0.29) is 23.2 Å². The van der Waals surface area contributed by atoms with E-state index in [4.69, 9.17) is 9.72 Å². The SMILES string of the molecule is C=CCn1c(SCC(=O)c2cc(C)n(C[C@@H]3CCCO3)c2C)nc2scc(-c3ccc(C)cc3)c2c1=O. The highest BCUT2D eigenvalue weighted by atomic mass is 32.2. The predicted molar refractivity (Wildman–Crippen MR) is 152 cm³/mol. The van der Waals surface area contributed by atoms with Crippen LogP contribution in [-0.4, -0.2) is 38.4 Å². The second-order valence-corrected chi connectivity index (χ2v) is 11.3. The summed E-state index contributed by atoms with van der Waals surface area (Å²) >= 11 is 2.77. The van der Waals surface area contributed by atoms with Crippen LogP contribution in [0.1, 0.15) is 40.2 Å². The molecule has 0 aliphatic carbocycles. The first-order valence-corrected chi connectivity index (χ1v) is 14.4. The van der Waals surface area contributed by atoms with Crippen LogP contribution < -0.4 is 5.56 Å². The molecule has 1 saturated heterocycles. The molecule has 8 heteroatoms. The number of hydrogen-bond donors (Lipinski definition) is 0. The number of aromatic nitrogens is 3. The number of ketones is 1. The van der Waals surface area contributed by atoms with Crippen molar-refractivity contribution in [1.82, 2.24) is 14.1 Å². The third-order valence-electron chi connectivity index (χ3n) is 6.95. The molecule has 4 aromatic rings. The van der Waals surface area contributed by atoms with Gasteiger partial charge in [0.1, 0.15) is 4.83 Å². The molecule has 4 heterocycles. The van der Waals surface area contributed by atoms with E-state index < -0.39 is 0 Å². The van der Waals surface area contributed by atoms with Crippen LogP contribution in [0.25, 0.3) is 21.3 Å². The molecule has 0 spiro atoms. The average molecular weight is 534 g/mol. The topological polar surface area (TPSA) is 66.1 Å². The van der Waals surface area contributed by atoms with Gasteiger partial charge in [-0.3, -0.25) is 14.2 Å². The third kappa shape index (κ3) is 5.10. The van der Waals surface area contributed by atoms with Crippen LogP contribution in [0.15, 0.2) is 58.3 Å². The maximum atomic E-state index is 13.6. The van der Waals surface area contributed by atoms with Crippen LogP contribution in [0.3, 0.4) is 0 Å². The second kappa shape index (κ2) is 10.8. The number of carbonyl (C=O) groups is 1. The summed E-state index contributed by atoms with van der Waals surface area (Å²) in [6.45, 7) is 11.8. The summed E-state index contributed by atoms with van der Waals surface area (Å²) in [6.07, 6.45) is 4.05. The number of fused-ring (bicyclic) bond motifs is 1. The van der Waals surface area contributed by atoms with Gasteiger partial charge in [0.2, 0.25) is 0 Å². The Hall–Kier alpha value is -2.94. The molecule has 1 aliphatic heterocycles. The molecule has 3 aromatic heterocycles. The molecular formula is C29H31N3O3S2. The summed E-state index contributed by atoms with van der Waals surface area (Å²) in [5, 5.41) is 3.14. The highest BCUT2D eigenvalue weighted by molar-refractivity contribution is 7.99. The number of Topliss-reactive ketones (excluding diaryl/α,β-unsaturated/α-hetero) is 1. The maximum Gasteiger partial charge on any atom is 0.263 e. The summed E-state index contributed by atoms with van der Waals surface area (Å²) in [5.74, 6) is 0.234. The van der Waals surface area contributed by atoms with Gasteiger partial charge in [-0.2, -0.15) is 0 Å². The number of thiophene rings is 1. The zero-order valence-corrected chi connectivity index (χ0v) is 23.1. The Labute approximate surface area is 225 Å². The lowest BCUT2D eigenvalue weighted by Crippen LogP contribution is -2.23. The first-order valence-electron chi connectivity index (χ1n) is 12.5. The van der Waals surface area contributed by atoms with Crippen molar-refractivity contribution in [1.29, 1.82) is 0 Å². The number of hydrogen-bond acceptors (Lipinski definition) is 6. The summed E-state index contributed by atoms with van der Waals surface area (Å²) in [6, 6.07) is 10.1. The van der Waals surface area contributed by atoms with Crippen LogP contribution in [0.2, 0.25) is 0 Å². The fraction of sp³-hybridized carbons (Fsp3) is 0.345. The minimum absolute atomic E-state index is 0.0303. The van der Waals surface area contributed by atoms with Gasteiger partial charge in [0.25, 0.3) is 5.56 Å². The van der Waals surface area contributed by atoms with E-state index in [1.807, 2.05) is 56.5 Å². The van der Waals surface area contributed by atoms with Gasteiger partial charge in [-0.15, -0.1) is 17.9 Å². The Kier molecular flexibility index (Phi) is 7.51. The van der Waals surface area contributed by atoms with Crippen LogP contribution >= 0.6 is 23.1 Å². The minimum atomic E-state index is -0.105. The zero-order chi connectivity index (χ0) is 26.1. The van der Waals surface area contributed by atoms with E-state index in [1.54, 1.807) is 10.6 Å². The molecule has 1 atom stereocenters. The Morgan fingerprint density at radius 3 is 2.73 bits per heavy atom. The van der Waals surface area contributed by atoms with E-state index in [0.717, 1.165) is 54.1 Å². The van der Waals surface area contributed by atoms with Gasteiger partial charge < -0.3 is 9.30 Å². The van der Waals surface area contributed by atoms with E-state index >= 15 is 0 Å². The third-order valence-corrected chi connectivity index (χ3v) is 8.80. The summed E-state index contributed by atoms with van der Waals surface area (Å²) in [7, 11) is 0. The summed E-state index contributed by atoms with van der Waals surface area (Å²) < 4.78 is 9.61. The van der Waals surface area contributed by atoms with Gasteiger partial charge >= 0.3 is 0 Å².